The molecule has 28 heavy (non-hydrogen) atoms. The third kappa shape index (κ3) is 3.85. The zero-order chi connectivity index (χ0) is 20.3. The molecule has 1 aliphatic carbocycles. The lowest BCUT2D eigenvalue weighted by Gasteiger charge is -2.36. The third-order valence-electron chi connectivity index (χ3n) is 5.75. The van der Waals surface area contributed by atoms with Gasteiger partial charge in [0.15, 0.2) is 0 Å². The first-order chi connectivity index (χ1) is 13.3. The average molecular weight is 386 g/mol. The molecule has 0 aromatic heterocycles. The molecule has 8 nitrogen and oxygen atoms in total. The van der Waals surface area contributed by atoms with Gasteiger partial charge >= 0.3 is 6.03 Å². The molecule has 0 radical (unpaired) electrons. The van der Waals surface area contributed by atoms with E-state index in [2.05, 4.69) is 10.6 Å². The number of rotatable bonds is 6. The predicted octanol–water partition coefficient (Wildman–Crippen LogP) is 0.945. The van der Waals surface area contributed by atoms with Gasteiger partial charge in [0, 0.05) is 12.1 Å². The van der Waals surface area contributed by atoms with Crippen LogP contribution in [0.25, 0.3) is 0 Å². The van der Waals surface area contributed by atoms with Gasteiger partial charge in [-0.3, -0.25) is 19.3 Å². The van der Waals surface area contributed by atoms with Gasteiger partial charge in [0.25, 0.3) is 5.91 Å². The minimum atomic E-state index is -0.856. The number of nitrogens with zero attached hydrogens (tertiary/aromatic N) is 1. The second-order valence-corrected chi connectivity index (χ2v) is 7.60. The summed E-state index contributed by atoms with van der Waals surface area (Å²) in [4.78, 5) is 49.6. The van der Waals surface area contributed by atoms with Gasteiger partial charge in [-0.15, -0.1) is 0 Å². The lowest BCUT2D eigenvalue weighted by Crippen LogP contribution is -2.54. The SMILES string of the molecule is CC1CCCCC12NC(=O)N(CC(=O)NCCc1cccc(C(N)=O)c1)C2=O. The summed E-state index contributed by atoms with van der Waals surface area (Å²) in [5.74, 6) is -1.14. The van der Waals surface area contributed by atoms with Crippen LogP contribution in [0.1, 0.15) is 48.5 Å². The number of urea groups is 1. The van der Waals surface area contributed by atoms with Gasteiger partial charge in [-0.2, -0.15) is 0 Å². The highest BCUT2D eigenvalue weighted by Crippen LogP contribution is 2.38. The molecule has 1 heterocycles. The fraction of sp³-hybridized carbons (Fsp3) is 0.500. The van der Waals surface area contributed by atoms with Crippen molar-refractivity contribution in [3.8, 4) is 0 Å². The number of hydrogen-bond donors (Lipinski definition) is 3. The highest BCUT2D eigenvalue weighted by atomic mass is 16.2. The molecule has 1 aliphatic heterocycles. The first-order valence-corrected chi connectivity index (χ1v) is 9.63. The maximum Gasteiger partial charge on any atom is 0.325 e. The van der Waals surface area contributed by atoms with E-state index >= 15 is 0 Å². The first-order valence-electron chi connectivity index (χ1n) is 9.63. The second kappa shape index (κ2) is 8.00. The van der Waals surface area contributed by atoms with Gasteiger partial charge in [-0.1, -0.05) is 31.9 Å². The molecule has 4 N–H and O–H groups in total. The van der Waals surface area contributed by atoms with Crippen molar-refractivity contribution < 1.29 is 19.2 Å². The van der Waals surface area contributed by atoms with Crippen LogP contribution in [0.2, 0.25) is 0 Å². The Morgan fingerprint density at radius 3 is 2.82 bits per heavy atom. The van der Waals surface area contributed by atoms with E-state index in [1.165, 1.54) is 0 Å². The van der Waals surface area contributed by atoms with Gasteiger partial charge in [-0.25, -0.2) is 4.79 Å². The van der Waals surface area contributed by atoms with Crippen molar-refractivity contribution in [2.45, 2.75) is 44.6 Å². The topological polar surface area (TPSA) is 122 Å². The van der Waals surface area contributed by atoms with Gasteiger partial charge in [-0.05, 0) is 42.9 Å². The van der Waals surface area contributed by atoms with Crippen molar-refractivity contribution in [3.05, 3.63) is 35.4 Å². The van der Waals surface area contributed by atoms with Gasteiger partial charge in [0.1, 0.15) is 12.1 Å². The molecule has 5 amide bonds. The number of nitrogens with two attached hydrogens (primary N) is 1. The lowest BCUT2D eigenvalue weighted by molar-refractivity contribution is -0.137. The van der Waals surface area contributed by atoms with Gasteiger partial charge in [0.2, 0.25) is 11.8 Å². The van der Waals surface area contributed by atoms with E-state index in [1.807, 2.05) is 13.0 Å². The van der Waals surface area contributed by atoms with E-state index in [-0.39, 0.29) is 18.4 Å². The number of primary amides is 1. The Morgan fingerprint density at radius 2 is 2.11 bits per heavy atom. The largest absolute Gasteiger partial charge is 0.366 e. The number of carbonyl (C=O) groups is 4. The van der Waals surface area contributed by atoms with Crippen LogP contribution in [-0.4, -0.2) is 47.3 Å². The number of nitrogens with one attached hydrogen (secondary N) is 2. The summed E-state index contributed by atoms with van der Waals surface area (Å²) >= 11 is 0. The van der Waals surface area contributed by atoms with Crippen LogP contribution in [0.3, 0.4) is 0 Å². The second-order valence-electron chi connectivity index (χ2n) is 7.60. The Morgan fingerprint density at radius 1 is 1.32 bits per heavy atom. The zero-order valence-electron chi connectivity index (χ0n) is 16.0. The fourth-order valence-electron chi connectivity index (χ4n) is 4.06. The summed E-state index contributed by atoms with van der Waals surface area (Å²) in [6.45, 7) is 2.01. The summed E-state index contributed by atoms with van der Waals surface area (Å²) in [6, 6.07) is 6.38. The van der Waals surface area contributed by atoms with Crippen molar-refractivity contribution in [1.82, 2.24) is 15.5 Å². The molecule has 8 heteroatoms. The van der Waals surface area contributed by atoms with E-state index in [4.69, 9.17) is 5.73 Å². The summed E-state index contributed by atoms with van der Waals surface area (Å²) in [5.41, 5.74) is 5.68. The molecule has 1 aromatic carbocycles. The summed E-state index contributed by atoms with van der Waals surface area (Å²) in [7, 11) is 0. The van der Waals surface area contributed by atoms with Crippen LogP contribution in [0, 0.1) is 5.92 Å². The summed E-state index contributed by atoms with van der Waals surface area (Å²) < 4.78 is 0. The molecule has 1 aromatic rings. The number of amides is 5. The Hall–Kier alpha value is -2.90. The standard InChI is InChI=1S/C20H26N4O4/c1-13-5-2-3-9-20(13)18(27)24(19(28)23-20)12-16(25)22-10-8-14-6-4-7-15(11-14)17(21)26/h4,6-7,11,13H,2-3,5,8-10,12H2,1H3,(H2,21,26)(H,22,25)(H,23,28). The van der Waals surface area contributed by atoms with E-state index in [9.17, 15) is 19.2 Å². The Balaban J connectivity index is 1.53. The van der Waals surface area contributed by atoms with E-state index in [1.54, 1.807) is 18.2 Å². The van der Waals surface area contributed by atoms with Crippen LogP contribution in [-0.2, 0) is 16.0 Å². The molecular weight excluding hydrogens is 360 g/mol. The van der Waals surface area contributed by atoms with Crippen LogP contribution >= 0.6 is 0 Å². The molecular formula is C20H26N4O4. The van der Waals surface area contributed by atoms with Gasteiger partial charge in [0.05, 0.1) is 0 Å². The normalized spacial score (nSPS) is 24.3. The molecule has 0 bridgehead atoms. The smallest absolute Gasteiger partial charge is 0.325 e. The minimum Gasteiger partial charge on any atom is -0.366 e. The summed E-state index contributed by atoms with van der Waals surface area (Å²) in [6.07, 6.45) is 3.95. The highest BCUT2D eigenvalue weighted by Gasteiger charge is 2.55. The molecule has 2 atom stereocenters. The average Bonchev–Trinajstić information content (AvgIpc) is 2.89. The van der Waals surface area contributed by atoms with Crippen LogP contribution in [0.4, 0.5) is 4.79 Å². The van der Waals surface area contributed by atoms with Crippen molar-refractivity contribution in [2.24, 2.45) is 11.7 Å². The van der Waals surface area contributed by atoms with Crippen LogP contribution < -0.4 is 16.4 Å². The highest BCUT2D eigenvalue weighted by molar-refractivity contribution is 6.09. The van der Waals surface area contributed by atoms with Gasteiger partial charge < -0.3 is 16.4 Å². The Labute approximate surface area is 163 Å². The molecule has 2 aliphatic rings. The van der Waals surface area contributed by atoms with Crippen LogP contribution in [0.5, 0.6) is 0 Å². The number of imide groups is 1. The number of carbonyl (C=O) groups excluding carboxylic acids is 4. The minimum absolute atomic E-state index is 0.0586. The van der Waals surface area contributed by atoms with Crippen molar-refractivity contribution in [2.75, 3.05) is 13.1 Å². The summed E-state index contributed by atoms with van der Waals surface area (Å²) in [5, 5.41) is 5.56. The zero-order valence-corrected chi connectivity index (χ0v) is 16.0. The Bertz CT molecular complexity index is 809. The molecule has 2 fully saturated rings. The van der Waals surface area contributed by atoms with Crippen LogP contribution in [0.15, 0.2) is 24.3 Å². The van der Waals surface area contributed by atoms with Crippen molar-refractivity contribution >= 4 is 23.8 Å². The molecule has 1 saturated heterocycles. The monoisotopic (exact) mass is 386 g/mol. The number of benzene rings is 1. The molecule has 2 unspecified atom stereocenters. The van der Waals surface area contributed by atoms with Crippen molar-refractivity contribution in [3.63, 3.8) is 0 Å². The van der Waals surface area contributed by atoms with E-state index < -0.39 is 23.4 Å². The third-order valence-corrected chi connectivity index (χ3v) is 5.75. The quantitative estimate of drug-likeness (QED) is 0.630. The Kier molecular flexibility index (Phi) is 5.67. The van der Waals surface area contributed by atoms with Crippen molar-refractivity contribution in [1.29, 1.82) is 0 Å². The predicted molar refractivity (Wildman–Crippen MR) is 102 cm³/mol. The van der Waals surface area contributed by atoms with E-state index in [0.29, 0.717) is 24.9 Å². The first kappa shape index (κ1) is 19.9. The molecule has 1 saturated carbocycles. The lowest BCUT2D eigenvalue weighted by atomic mass is 9.73. The molecule has 150 valence electrons. The fourth-order valence-corrected chi connectivity index (χ4v) is 4.06. The molecule has 3 rings (SSSR count). The maximum absolute atomic E-state index is 12.9. The molecule has 1 spiro atoms. The number of hydrogen-bond acceptors (Lipinski definition) is 4. The maximum atomic E-state index is 12.9. The van der Waals surface area contributed by atoms with E-state index in [0.717, 1.165) is 29.7 Å².